The average Bonchev–Trinajstić information content (AvgIpc) is 2.90. The highest BCUT2D eigenvalue weighted by Gasteiger charge is 2.23. The molecule has 0 bridgehead atoms. The maximum Gasteiger partial charge on any atom is 0.128 e. The van der Waals surface area contributed by atoms with Gasteiger partial charge in [-0.25, -0.2) is 9.97 Å². The van der Waals surface area contributed by atoms with Gasteiger partial charge < -0.3 is 0 Å². The standard InChI is InChI=1S/C18H19N3S2/c1-11-5-6-14-15(8-11)23-18-16(14)17(20-12(2)21-18)22-10-13-4-3-7-19-9-13/h3-4,7,9,11H,5-6,8,10H2,1-2H3/t11-/m1/s1. The van der Waals surface area contributed by atoms with Crippen LogP contribution in [0.25, 0.3) is 10.2 Å². The Kier molecular flexibility index (Phi) is 4.07. The maximum absolute atomic E-state index is 4.75. The molecule has 0 unspecified atom stereocenters. The number of aryl methyl sites for hydroxylation is 2. The molecule has 1 atom stereocenters. The highest BCUT2D eigenvalue weighted by molar-refractivity contribution is 7.98. The van der Waals surface area contributed by atoms with Crippen LogP contribution in [0.1, 0.15) is 35.2 Å². The summed E-state index contributed by atoms with van der Waals surface area (Å²) in [7, 11) is 0. The summed E-state index contributed by atoms with van der Waals surface area (Å²) in [5, 5.41) is 2.46. The number of hydrogen-bond acceptors (Lipinski definition) is 5. The van der Waals surface area contributed by atoms with Gasteiger partial charge in [-0.05, 0) is 49.3 Å². The zero-order chi connectivity index (χ0) is 15.8. The van der Waals surface area contributed by atoms with Crippen molar-refractivity contribution in [3.63, 3.8) is 0 Å². The second-order valence-electron chi connectivity index (χ2n) is 6.26. The second kappa shape index (κ2) is 6.21. The Morgan fingerprint density at radius 1 is 1.35 bits per heavy atom. The summed E-state index contributed by atoms with van der Waals surface area (Å²) in [5.41, 5.74) is 2.75. The Bertz CT molecular complexity index is 842. The van der Waals surface area contributed by atoms with Crippen LogP contribution in [0.15, 0.2) is 29.6 Å². The quantitative estimate of drug-likeness (QED) is 0.506. The number of thioether (sulfide) groups is 1. The van der Waals surface area contributed by atoms with E-state index in [2.05, 4.69) is 18.0 Å². The van der Waals surface area contributed by atoms with Crippen molar-refractivity contribution >= 4 is 33.3 Å². The van der Waals surface area contributed by atoms with E-state index < -0.39 is 0 Å². The average molecular weight is 342 g/mol. The lowest BCUT2D eigenvalue weighted by Gasteiger charge is -2.18. The molecule has 5 heteroatoms. The summed E-state index contributed by atoms with van der Waals surface area (Å²) in [4.78, 5) is 16.4. The van der Waals surface area contributed by atoms with Crippen molar-refractivity contribution in [2.75, 3.05) is 0 Å². The van der Waals surface area contributed by atoms with Gasteiger partial charge in [-0.15, -0.1) is 23.1 Å². The minimum atomic E-state index is 0.788. The first-order valence-corrected chi connectivity index (χ1v) is 9.81. The summed E-state index contributed by atoms with van der Waals surface area (Å²) in [6.07, 6.45) is 7.39. The predicted octanol–water partition coefficient (Wildman–Crippen LogP) is 4.81. The summed E-state index contributed by atoms with van der Waals surface area (Å²) in [6, 6.07) is 4.11. The van der Waals surface area contributed by atoms with Crippen molar-refractivity contribution in [2.45, 2.75) is 43.9 Å². The first-order chi connectivity index (χ1) is 11.2. The molecule has 3 heterocycles. The fourth-order valence-corrected chi connectivity index (χ4v) is 5.68. The SMILES string of the molecule is Cc1nc(SCc2cccnc2)c2c3c(sc2n1)C[C@H](C)CC3. The fraction of sp³-hybridized carbons (Fsp3) is 0.389. The Morgan fingerprint density at radius 3 is 3.09 bits per heavy atom. The molecule has 3 aromatic rings. The number of aromatic nitrogens is 3. The third-order valence-corrected chi connectivity index (χ3v) is 6.53. The van der Waals surface area contributed by atoms with Gasteiger partial charge >= 0.3 is 0 Å². The largest absolute Gasteiger partial charge is 0.264 e. The first kappa shape index (κ1) is 15.1. The van der Waals surface area contributed by atoms with Gasteiger partial charge in [-0.1, -0.05) is 13.0 Å². The second-order valence-corrected chi connectivity index (χ2v) is 8.31. The first-order valence-electron chi connectivity index (χ1n) is 8.01. The van der Waals surface area contributed by atoms with E-state index >= 15 is 0 Å². The van der Waals surface area contributed by atoms with Crippen molar-refractivity contribution in [2.24, 2.45) is 5.92 Å². The van der Waals surface area contributed by atoms with Crippen LogP contribution in [0, 0.1) is 12.8 Å². The van der Waals surface area contributed by atoms with Crippen LogP contribution in [0.3, 0.4) is 0 Å². The lowest BCUT2D eigenvalue weighted by molar-refractivity contribution is 0.509. The minimum Gasteiger partial charge on any atom is -0.264 e. The number of pyridine rings is 1. The lowest BCUT2D eigenvalue weighted by atomic mass is 9.89. The van der Waals surface area contributed by atoms with Crippen molar-refractivity contribution in [3.8, 4) is 0 Å². The van der Waals surface area contributed by atoms with Crippen molar-refractivity contribution in [1.82, 2.24) is 15.0 Å². The molecule has 3 aromatic heterocycles. The molecule has 1 aliphatic carbocycles. The molecular formula is C18H19N3S2. The highest BCUT2D eigenvalue weighted by atomic mass is 32.2. The van der Waals surface area contributed by atoms with E-state index in [1.807, 2.05) is 48.5 Å². The summed E-state index contributed by atoms with van der Waals surface area (Å²) in [6.45, 7) is 4.34. The van der Waals surface area contributed by atoms with Crippen molar-refractivity contribution in [3.05, 3.63) is 46.4 Å². The molecule has 118 valence electrons. The van der Waals surface area contributed by atoms with Crippen LogP contribution in [-0.4, -0.2) is 15.0 Å². The molecule has 0 N–H and O–H groups in total. The molecular weight excluding hydrogens is 322 g/mol. The van der Waals surface area contributed by atoms with Gasteiger partial charge in [0.15, 0.2) is 0 Å². The van der Waals surface area contributed by atoms with Gasteiger partial charge in [-0.3, -0.25) is 4.98 Å². The Hall–Kier alpha value is -1.46. The van der Waals surface area contributed by atoms with E-state index in [-0.39, 0.29) is 0 Å². The summed E-state index contributed by atoms with van der Waals surface area (Å²) >= 11 is 3.69. The Balaban J connectivity index is 1.73. The van der Waals surface area contributed by atoms with Crippen LogP contribution < -0.4 is 0 Å². The third kappa shape index (κ3) is 3.00. The minimum absolute atomic E-state index is 0.788. The maximum atomic E-state index is 4.75. The summed E-state index contributed by atoms with van der Waals surface area (Å²) in [5.74, 6) is 2.56. The topological polar surface area (TPSA) is 38.7 Å². The van der Waals surface area contributed by atoms with Crippen molar-refractivity contribution < 1.29 is 0 Å². The lowest BCUT2D eigenvalue weighted by Crippen LogP contribution is -2.08. The molecule has 0 amide bonds. The fourth-order valence-electron chi connectivity index (χ4n) is 3.15. The zero-order valence-corrected chi connectivity index (χ0v) is 15.0. The smallest absolute Gasteiger partial charge is 0.128 e. The molecule has 0 saturated carbocycles. The Morgan fingerprint density at radius 2 is 2.26 bits per heavy atom. The van der Waals surface area contributed by atoms with E-state index in [1.165, 1.54) is 45.5 Å². The van der Waals surface area contributed by atoms with Gasteiger partial charge in [-0.2, -0.15) is 0 Å². The Labute approximate surface area is 144 Å². The molecule has 0 aliphatic heterocycles. The molecule has 0 aromatic carbocycles. The van der Waals surface area contributed by atoms with Crippen LogP contribution >= 0.6 is 23.1 Å². The number of thiophene rings is 1. The normalized spacial score (nSPS) is 17.4. The molecule has 0 saturated heterocycles. The number of rotatable bonds is 3. The van der Waals surface area contributed by atoms with Gasteiger partial charge in [0.25, 0.3) is 0 Å². The van der Waals surface area contributed by atoms with Crippen molar-refractivity contribution in [1.29, 1.82) is 0 Å². The van der Waals surface area contributed by atoms with Gasteiger partial charge in [0.2, 0.25) is 0 Å². The van der Waals surface area contributed by atoms with Crippen LogP contribution in [0.2, 0.25) is 0 Å². The molecule has 0 fully saturated rings. The molecule has 3 nitrogen and oxygen atoms in total. The number of nitrogens with zero attached hydrogens (tertiary/aromatic N) is 3. The van der Waals surface area contributed by atoms with E-state index in [0.717, 1.165) is 22.5 Å². The van der Waals surface area contributed by atoms with E-state index in [0.29, 0.717) is 0 Å². The van der Waals surface area contributed by atoms with Gasteiger partial charge in [0.05, 0.1) is 0 Å². The van der Waals surface area contributed by atoms with Gasteiger partial charge in [0, 0.05) is 28.4 Å². The highest BCUT2D eigenvalue weighted by Crippen LogP contribution is 2.41. The molecule has 1 aliphatic rings. The number of hydrogen-bond donors (Lipinski definition) is 0. The van der Waals surface area contributed by atoms with Crippen LogP contribution in [-0.2, 0) is 18.6 Å². The summed E-state index contributed by atoms with van der Waals surface area (Å²) < 4.78 is 0. The van der Waals surface area contributed by atoms with Crippen LogP contribution in [0.4, 0.5) is 0 Å². The molecule has 0 radical (unpaired) electrons. The van der Waals surface area contributed by atoms with Crippen LogP contribution in [0.5, 0.6) is 0 Å². The number of fused-ring (bicyclic) bond motifs is 3. The van der Waals surface area contributed by atoms with E-state index in [1.54, 1.807) is 0 Å². The zero-order valence-electron chi connectivity index (χ0n) is 13.4. The third-order valence-electron chi connectivity index (χ3n) is 4.33. The molecule has 23 heavy (non-hydrogen) atoms. The molecule has 4 rings (SSSR count). The van der Waals surface area contributed by atoms with E-state index in [4.69, 9.17) is 9.97 Å². The predicted molar refractivity (Wildman–Crippen MR) is 97.1 cm³/mol. The van der Waals surface area contributed by atoms with E-state index in [9.17, 15) is 0 Å². The van der Waals surface area contributed by atoms with Gasteiger partial charge in [0.1, 0.15) is 15.7 Å². The monoisotopic (exact) mass is 341 g/mol. The molecule has 0 spiro atoms.